The molecule has 258 valence electrons. The van der Waals surface area contributed by atoms with Gasteiger partial charge in [-0.15, -0.1) is 0 Å². The lowest BCUT2D eigenvalue weighted by Crippen LogP contribution is -2.10. The molecule has 0 spiro atoms. The first-order chi connectivity index (χ1) is 31.4. The van der Waals surface area contributed by atoms with Crippen molar-refractivity contribution in [3.63, 3.8) is 0 Å². The maximum Gasteiger partial charge on any atom is 0.0645 e. The zero-order valence-corrected chi connectivity index (χ0v) is 29.9. The number of fused-ring (bicyclic) bond motifs is 6. The molecule has 2 aromatic heterocycles. The Morgan fingerprint density at radius 3 is 1.78 bits per heavy atom. The van der Waals surface area contributed by atoms with E-state index >= 15 is 0 Å². The van der Waals surface area contributed by atoms with Crippen molar-refractivity contribution >= 4 is 43.6 Å². The summed E-state index contributed by atoms with van der Waals surface area (Å²) in [6.45, 7) is 6.43. The molecular formula is C52H40N2. The van der Waals surface area contributed by atoms with E-state index in [1.165, 1.54) is 0 Å². The first-order valence-corrected chi connectivity index (χ1v) is 17.9. The van der Waals surface area contributed by atoms with E-state index in [4.69, 9.17) is 12.3 Å². The SMILES string of the molecule is [2H]c1c([2H])c([2H])c(-n2c3ccc(-c4c([2H])c([2H])c5c(c4[2H])c4c([2H])c([2H])c([2H])c([2H])c4n5-c4ccc(-c5ccccc5)cc4)cc3c3ccc(-c4ccc(C(C)(C)C)cc4)cc32)c([2H])c1[2H]. The summed E-state index contributed by atoms with van der Waals surface area (Å²) in [5.41, 5.74) is 6.88. The van der Waals surface area contributed by atoms with Crippen LogP contribution in [-0.2, 0) is 5.41 Å². The second-order valence-electron chi connectivity index (χ2n) is 14.5. The van der Waals surface area contributed by atoms with Gasteiger partial charge < -0.3 is 9.13 Å². The number of benzene rings is 8. The summed E-state index contributed by atoms with van der Waals surface area (Å²) < 4.78 is 111. The van der Waals surface area contributed by atoms with Crippen LogP contribution >= 0.6 is 0 Å². The molecule has 0 saturated heterocycles. The normalized spacial score (nSPS) is 15.1. The second-order valence-corrected chi connectivity index (χ2v) is 14.5. The van der Waals surface area contributed by atoms with Crippen LogP contribution < -0.4 is 0 Å². The molecule has 0 amide bonds. The van der Waals surface area contributed by atoms with Crippen molar-refractivity contribution in [2.75, 3.05) is 0 Å². The lowest BCUT2D eigenvalue weighted by Gasteiger charge is -2.19. The summed E-state index contributed by atoms with van der Waals surface area (Å²) in [4.78, 5) is 0. The van der Waals surface area contributed by atoms with Crippen molar-refractivity contribution in [3.05, 3.63) is 193 Å². The Labute approximate surface area is 333 Å². The van der Waals surface area contributed by atoms with Gasteiger partial charge in [0, 0.05) is 32.9 Å². The van der Waals surface area contributed by atoms with Crippen molar-refractivity contribution in [1.82, 2.24) is 9.13 Å². The fraction of sp³-hybridized carbons (Fsp3) is 0.0769. The second kappa shape index (κ2) is 12.5. The molecule has 8 aromatic carbocycles. The van der Waals surface area contributed by atoms with Crippen LogP contribution in [0.4, 0.5) is 0 Å². The van der Waals surface area contributed by atoms with Crippen molar-refractivity contribution in [1.29, 1.82) is 0 Å². The van der Waals surface area contributed by atoms with Gasteiger partial charge in [-0.2, -0.15) is 0 Å². The molecular weight excluding hydrogens is 653 g/mol. The Hall–Kier alpha value is -6.64. The van der Waals surface area contributed by atoms with Crippen molar-refractivity contribution in [2.45, 2.75) is 26.2 Å². The number of rotatable bonds is 5. The van der Waals surface area contributed by atoms with Gasteiger partial charge in [0.15, 0.2) is 0 Å². The molecule has 0 saturated carbocycles. The minimum Gasteiger partial charge on any atom is -0.309 e. The monoisotopic (exact) mass is 704 g/mol. The molecule has 0 aliphatic heterocycles. The Balaban J connectivity index is 1.25. The van der Waals surface area contributed by atoms with Crippen LogP contribution in [0.25, 0.3) is 88.4 Å². The maximum absolute atomic E-state index is 9.84. The minimum absolute atomic E-state index is 0.0371. The third-order valence-corrected chi connectivity index (χ3v) is 10.2. The lowest BCUT2D eigenvalue weighted by molar-refractivity contribution is 0.590. The maximum atomic E-state index is 9.84. The van der Waals surface area contributed by atoms with Crippen LogP contribution in [0.5, 0.6) is 0 Å². The molecule has 10 aromatic rings. The number of nitrogens with zero attached hydrogens (tertiary/aromatic N) is 2. The first kappa shape index (κ1) is 21.8. The minimum atomic E-state index is -0.514. The Kier molecular flexibility index (Phi) is 5.04. The summed E-state index contributed by atoms with van der Waals surface area (Å²) in [5.74, 6) is 0. The van der Waals surface area contributed by atoms with E-state index in [1.54, 1.807) is 39.5 Å². The highest BCUT2D eigenvalue weighted by Crippen LogP contribution is 2.40. The molecule has 0 atom stereocenters. The predicted molar refractivity (Wildman–Crippen MR) is 230 cm³/mol. The summed E-state index contributed by atoms with van der Waals surface area (Å²) in [5, 5.41) is 1.43. The van der Waals surface area contributed by atoms with Crippen LogP contribution in [0.3, 0.4) is 0 Å². The van der Waals surface area contributed by atoms with Gasteiger partial charge >= 0.3 is 0 Å². The van der Waals surface area contributed by atoms with Crippen LogP contribution in [0.1, 0.15) is 42.8 Å². The molecule has 54 heavy (non-hydrogen) atoms. The molecule has 2 heteroatoms. The predicted octanol–water partition coefficient (Wildman–Crippen LogP) is 14.2. The molecule has 0 radical (unpaired) electrons. The van der Waals surface area contributed by atoms with Gasteiger partial charge in [0.2, 0.25) is 0 Å². The van der Waals surface area contributed by atoms with Crippen LogP contribution in [0, 0.1) is 0 Å². The van der Waals surface area contributed by atoms with E-state index in [2.05, 4.69) is 32.9 Å². The van der Waals surface area contributed by atoms with Gasteiger partial charge in [0.05, 0.1) is 38.5 Å². The number of hydrogen-bond donors (Lipinski definition) is 0. The van der Waals surface area contributed by atoms with Crippen molar-refractivity contribution in [3.8, 4) is 44.8 Å². The third kappa shape index (κ3) is 5.33. The first-order valence-electron chi connectivity index (χ1n) is 23.9. The van der Waals surface area contributed by atoms with E-state index in [0.717, 1.165) is 27.8 Å². The summed E-state index contributed by atoms with van der Waals surface area (Å²) in [6.07, 6.45) is 0. The standard InChI is InChI=1S/C52H40N2/c1-52(2,3)41-25-18-37(19-26-41)40-22-29-45-47-33-39(24-31-50(47)54(51(45)34-40)42-14-8-5-9-15-42)38-23-30-49-46(32-38)44-16-10-11-17-48(44)53(49)43-27-20-36(21-28-43)35-12-6-4-7-13-35/h4-34H,1-3H3/i5D,8D,9D,10D,11D,14D,15D,16D,17D,23D,30D,32D. The van der Waals surface area contributed by atoms with Crippen LogP contribution in [-0.4, -0.2) is 9.13 Å². The zero-order valence-electron chi connectivity index (χ0n) is 41.9. The topological polar surface area (TPSA) is 9.86 Å². The molecule has 10 rings (SSSR count). The van der Waals surface area contributed by atoms with Gasteiger partial charge in [0.25, 0.3) is 0 Å². The van der Waals surface area contributed by atoms with E-state index in [1.807, 2.05) is 72.8 Å². The van der Waals surface area contributed by atoms with Crippen LogP contribution in [0.15, 0.2) is 188 Å². The van der Waals surface area contributed by atoms with Gasteiger partial charge in [-0.05, 0) is 105 Å². The van der Waals surface area contributed by atoms with Crippen molar-refractivity contribution in [2.24, 2.45) is 0 Å². The van der Waals surface area contributed by atoms with E-state index in [0.29, 0.717) is 33.1 Å². The fourth-order valence-electron chi connectivity index (χ4n) is 7.47. The Bertz CT molecular complexity index is 3650. The van der Waals surface area contributed by atoms with Gasteiger partial charge in [-0.1, -0.05) is 148 Å². The Morgan fingerprint density at radius 2 is 1.00 bits per heavy atom. The molecule has 0 aliphatic carbocycles. The summed E-state index contributed by atoms with van der Waals surface area (Å²) in [6, 6.07) is 31.6. The average molecular weight is 705 g/mol. The van der Waals surface area contributed by atoms with Crippen molar-refractivity contribution < 1.29 is 16.4 Å². The molecule has 0 N–H and O–H groups in total. The molecule has 0 aliphatic rings. The van der Waals surface area contributed by atoms with Crippen LogP contribution in [0.2, 0.25) is 0 Å². The molecule has 0 fully saturated rings. The number of aromatic nitrogens is 2. The molecule has 2 heterocycles. The van der Waals surface area contributed by atoms with Gasteiger partial charge in [-0.25, -0.2) is 0 Å². The number of para-hydroxylation sites is 2. The highest BCUT2D eigenvalue weighted by Gasteiger charge is 2.18. The molecule has 2 nitrogen and oxygen atoms in total. The Morgan fingerprint density at radius 1 is 0.389 bits per heavy atom. The molecule has 0 bridgehead atoms. The van der Waals surface area contributed by atoms with E-state index in [9.17, 15) is 4.11 Å². The highest BCUT2D eigenvalue weighted by atomic mass is 15.0. The third-order valence-electron chi connectivity index (χ3n) is 10.2. The summed E-state index contributed by atoms with van der Waals surface area (Å²) >= 11 is 0. The van der Waals surface area contributed by atoms with Gasteiger partial charge in [-0.3, -0.25) is 0 Å². The molecule has 0 unspecified atom stereocenters. The lowest BCUT2D eigenvalue weighted by atomic mass is 9.86. The highest BCUT2D eigenvalue weighted by molar-refractivity contribution is 6.13. The quantitative estimate of drug-likeness (QED) is 0.169. The fourth-order valence-corrected chi connectivity index (χ4v) is 7.47. The number of hydrogen-bond acceptors (Lipinski definition) is 0. The van der Waals surface area contributed by atoms with E-state index in [-0.39, 0.29) is 80.8 Å². The average Bonchev–Trinajstić information content (AvgIpc) is 3.84. The van der Waals surface area contributed by atoms with Gasteiger partial charge in [0.1, 0.15) is 0 Å². The van der Waals surface area contributed by atoms with E-state index < -0.39 is 30.2 Å². The zero-order chi connectivity index (χ0) is 46.8. The summed E-state index contributed by atoms with van der Waals surface area (Å²) in [7, 11) is 0. The smallest absolute Gasteiger partial charge is 0.0645 e. The largest absolute Gasteiger partial charge is 0.309 e.